The Hall–Kier alpha value is -5.66. The molecule has 49 heavy (non-hydrogen) atoms. The van der Waals surface area contributed by atoms with E-state index in [1.54, 1.807) is 0 Å². The van der Waals surface area contributed by atoms with Gasteiger partial charge in [0.05, 0.1) is 5.69 Å². The van der Waals surface area contributed by atoms with Crippen LogP contribution in [-0.4, -0.2) is 0 Å². The Kier molecular flexibility index (Phi) is 6.58. The Balaban J connectivity index is 1.34. The summed E-state index contributed by atoms with van der Waals surface area (Å²) < 4.78 is 0. The molecule has 0 atom stereocenters. The third-order valence-electron chi connectivity index (χ3n) is 11.1. The molecule has 0 heterocycles. The van der Waals surface area contributed by atoms with Gasteiger partial charge >= 0.3 is 0 Å². The first-order chi connectivity index (χ1) is 23.9. The van der Waals surface area contributed by atoms with E-state index >= 15 is 0 Å². The van der Waals surface area contributed by atoms with E-state index in [2.05, 4.69) is 196 Å². The van der Waals surface area contributed by atoms with E-state index in [0.29, 0.717) is 0 Å². The second-order valence-corrected chi connectivity index (χ2v) is 14.5. The fourth-order valence-electron chi connectivity index (χ4n) is 8.62. The summed E-state index contributed by atoms with van der Waals surface area (Å²) in [4.78, 5) is 2.43. The van der Waals surface area contributed by atoms with E-state index in [-0.39, 0.29) is 10.8 Å². The first-order valence-electron chi connectivity index (χ1n) is 17.4. The van der Waals surface area contributed by atoms with Crippen molar-refractivity contribution in [3.05, 3.63) is 186 Å². The Morgan fingerprint density at radius 1 is 0.347 bits per heavy atom. The number of benzene rings is 7. The normalized spacial score (nSPS) is 14.4. The van der Waals surface area contributed by atoms with Crippen molar-refractivity contribution in [2.24, 2.45) is 0 Å². The largest absolute Gasteiger partial charge is 0.310 e. The average Bonchev–Trinajstić information content (AvgIpc) is 3.51. The maximum Gasteiger partial charge on any atom is 0.0540 e. The van der Waals surface area contributed by atoms with Crippen molar-refractivity contribution in [2.45, 2.75) is 38.5 Å². The molecule has 1 nitrogen and oxygen atoms in total. The average molecular weight is 630 g/mol. The molecular weight excluding hydrogens is 591 g/mol. The van der Waals surface area contributed by atoms with Crippen molar-refractivity contribution in [1.29, 1.82) is 0 Å². The quantitative estimate of drug-likeness (QED) is 0.183. The highest BCUT2D eigenvalue weighted by atomic mass is 15.1. The lowest BCUT2D eigenvalue weighted by Crippen LogP contribution is -2.19. The maximum absolute atomic E-state index is 2.55. The smallest absolute Gasteiger partial charge is 0.0540 e. The van der Waals surface area contributed by atoms with Crippen molar-refractivity contribution in [3.8, 4) is 44.5 Å². The first-order valence-corrected chi connectivity index (χ1v) is 17.4. The third kappa shape index (κ3) is 4.39. The molecule has 0 unspecified atom stereocenters. The van der Waals surface area contributed by atoms with Crippen LogP contribution >= 0.6 is 0 Å². The number of hydrogen-bond donors (Lipinski definition) is 0. The van der Waals surface area contributed by atoms with E-state index in [0.717, 1.165) is 17.1 Å². The highest BCUT2D eigenvalue weighted by molar-refractivity contribution is 6.05. The van der Waals surface area contributed by atoms with E-state index in [1.165, 1.54) is 66.8 Å². The summed E-state index contributed by atoms with van der Waals surface area (Å²) >= 11 is 0. The second kappa shape index (κ2) is 10.9. The van der Waals surface area contributed by atoms with Gasteiger partial charge in [-0.3, -0.25) is 0 Å². The first kappa shape index (κ1) is 29.5. The summed E-state index contributed by atoms with van der Waals surface area (Å²) in [7, 11) is 0. The third-order valence-corrected chi connectivity index (χ3v) is 11.1. The van der Waals surface area contributed by atoms with Crippen molar-refractivity contribution < 1.29 is 0 Å². The van der Waals surface area contributed by atoms with Crippen LogP contribution in [0.25, 0.3) is 44.5 Å². The van der Waals surface area contributed by atoms with Crippen LogP contribution in [0, 0.1) is 0 Å². The van der Waals surface area contributed by atoms with Crippen molar-refractivity contribution in [2.75, 3.05) is 4.90 Å². The molecule has 0 saturated heterocycles. The molecule has 7 aromatic rings. The van der Waals surface area contributed by atoms with Gasteiger partial charge < -0.3 is 4.90 Å². The lowest BCUT2D eigenvalue weighted by molar-refractivity contribution is 0.639. The monoisotopic (exact) mass is 629 g/mol. The van der Waals surface area contributed by atoms with E-state index in [9.17, 15) is 0 Å². The van der Waals surface area contributed by atoms with Crippen LogP contribution in [0.2, 0.25) is 0 Å². The Bertz CT molecular complexity index is 2370. The van der Waals surface area contributed by atoms with Gasteiger partial charge in [0, 0.05) is 27.8 Å². The standard InChI is InChI=1S/C48H39N/c1-47(2)39-26-16-14-25-37(39)45-41(47)31-42-46(44(45)33-20-10-6-11-21-33)38-30-35(28-29-40(38)48(42,3)4)49(34-22-12-7-13-23-34)43-27-17-15-24-36(43)32-18-8-5-9-19-32/h5-31H,1-4H3. The van der Waals surface area contributed by atoms with Gasteiger partial charge in [0.15, 0.2) is 0 Å². The Morgan fingerprint density at radius 3 is 1.53 bits per heavy atom. The van der Waals surface area contributed by atoms with Gasteiger partial charge in [-0.2, -0.15) is 0 Å². The van der Waals surface area contributed by atoms with Crippen LogP contribution in [-0.2, 0) is 10.8 Å². The van der Waals surface area contributed by atoms with Gasteiger partial charge in [-0.15, -0.1) is 0 Å². The highest BCUT2D eigenvalue weighted by Crippen LogP contribution is 2.61. The topological polar surface area (TPSA) is 3.24 Å². The number of rotatable bonds is 5. The van der Waals surface area contributed by atoms with Gasteiger partial charge in [0.2, 0.25) is 0 Å². The molecule has 9 rings (SSSR count). The zero-order chi connectivity index (χ0) is 33.3. The summed E-state index contributed by atoms with van der Waals surface area (Å²) in [5, 5.41) is 0. The lowest BCUT2D eigenvalue weighted by Gasteiger charge is -2.29. The van der Waals surface area contributed by atoms with Crippen LogP contribution in [0.15, 0.2) is 164 Å². The molecule has 1 heteroatoms. The van der Waals surface area contributed by atoms with Crippen LogP contribution in [0.4, 0.5) is 17.1 Å². The number of para-hydroxylation sites is 2. The minimum Gasteiger partial charge on any atom is -0.310 e. The second-order valence-electron chi connectivity index (χ2n) is 14.5. The Labute approximate surface area is 290 Å². The van der Waals surface area contributed by atoms with Gasteiger partial charge in [-0.25, -0.2) is 0 Å². The molecule has 0 aromatic heterocycles. The number of hydrogen-bond acceptors (Lipinski definition) is 1. The molecule has 236 valence electrons. The molecule has 0 amide bonds. The van der Waals surface area contributed by atoms with Crippen LogP contribution in [0.5, 0.6) is 0 Å². The highest BCUT2D eigenvalue weighted by Gasteiger charge is 2.44. The summed E-state index contributed by atoms with van der Waals surface area (Å²) in [5.41, 5.74) is 19.3. The summed E-state index contributed by atoms with van der Waals surface area (Å²) in [6, 6.07) is 60.2. The molecule has 0 radical (unpaired) electrons. The number of nitrogens with zero attached hydrogens (tertiary/aromatic N) is 1. The SMILES string of the molecule is CC1(C)c2ccccc2-c2c1cc1c(c2-c2ccccc2)-c2cc(N(c3ccccc3)c3ccccc3-c3ccccc3)ccc2C1(C)C. The van der Waals surface area contributed by atoms with E-state index in [4.69, 9.17) is 0 Å². The summed E-state index contributed by atoms with van der Waals surface area (Å²) in [5.74, 6) is 0. The zero-order valence-electron chi connectivity index (χ0n) is 28.5. The van der Waals surface area contributed by atoms with Gasteiger partial charge in [-0.05, 0) is 91.5 Å². The predicted molar refractivity (Wildman–Crippen MR) is 207 cm³/mol. The molecule has 7 aromatic carbocycles. The van der Waals surface area contributed by atoms with Gasteiger partial charge in [0.25, 0.3) is 0 Å². The zero-order valence-corrected chi connectivity index (χ0v) is 28.5. The number of anilines is 3. The predicted octanol–water partition coefficient (Wildman–Crippen LogP) is 13.1. The number of fused-ring (bicyclic) bond motifs is 6. The van der Waals surface area contributed by atoms with E-state index in [1.807, 2.05) is 0 Å². The minimum atomic E-state index is -0.161. The minimum absolute atomic E-state index is 0.0915. The van der Waals surface area contributed by atoms with Crippen molar-refractivity contribution >= 4 is 17.1 Å². The van der Waals surface area contributed by atoms with E-state index < -0.39 is 0 Å². The molecule has 0 aliphatic heterocycles. The lowest BCUT2D eigenvalue weighted by atomic mass is 9.76. The molecule has 0 N–H and O–H groups in total. The molecular formula is C48H39N. The molecule has 0 fully saturated rings. The molecule has 0 bridgehead atoms. The fourth-order valence-corrected chi connectivity index (χ4v) is 8.62. The fraction of sp³-hybridized carbons (Fsp3) is 0.125. The van der Waals surface area contributed by atoms with Crippen molar-refractivity contribution in [1.82, 2.24) is 0 Å². The maximum atomic E-state index is 2.55. The van der Waals surface area contributed by atoms with Crippen LogP contribution in [0.3, 0.4) is 0 Å². The molecule has 0 saturated carbocycles. The van der Waals surface area contributed by atoms with Crippen molar-refractivity contribution in [3.63, 3.8) is 0 Å². The Morgan fingerprint density at radius 2 is 0.857 bits per heavy atom. The van der Waals surface area contributed by atoms with Gasteiger partial charge in [-0.1, -0.05) is 161 Å². The summed E-state index contributed by atoms with van der Waals surface area (Å²) in [6.45, 7) is 9.61. The van der Waals surface area contributed by atoms with Crippen LogP contribution < -0.4 is 4.90 Å². The molecule has 2 aliphatic rings. The van der Waals surface area contributed by atoms with Crippen LogP contribution in [0.1, 0.15) is 49.9 Å². The summed E-state index contributed by atoms with van der Waals surface area (Å²) in [6.07, 6.45) is 0. The molecule has 0 spiro atoms. The van der Waals surface area contributed by atoms with Gasteiger partial charge in [0.1, 0.15) is 0 Å². The molecule has 2 aliphatic carbocycles.